The van der Waals surface area contributed by atoms with Crippen LogP contribution >= 0.6 is 23.2 Å². The molecule has 4 aromatic rings. The first-order valence-electron chi connectivity index (χ1n) is 14.9. The van der Waals surface area contributed by atoms with Crippen LogP contribution in [0.1, 0.15) is 47.6 Å². The van der Waals surface area contributed by atoms with E-state index in [1.807, 2.05) is 24.3 Å². The number of hydrogen-bond acceptors (Lipinski definition) is 6. The van der Waals surface area contributed by atoms with E-state index in [-0.39, 0.29) is 30.2 Å². The summed E-state index contributed by atoms with van der Waals surface area (Å²) in [5.74, 6) is -0.128. The maximum atomic E-state index is 13.5. The van der Waals surface area contributed by atoms with E-state index >= 15 is 0 Å². The first kappa shape index (κ1) is 29.8. The molecule has 0 aliphatic carbocycles. The summed E-state index contributed by atoms with van der Waals surface area (Å²) >= 11 is 12.6. The number of aliphatic hydroxyl groups is 1. The molecular weight excluding hydrogens is 621 g/mol. The molecule has 3 fully saturated rings. The molecule has 7 rings (SSSR count). The predicted octanol–water partition coefficient (Wildman–Crippen LogP) is 4.74. The minimum Gasteiger partial charge on any atom is -0.465 e. The molecule has 45 heavy (non-hydrogen) atoms. The van der Waals surface area contributed by atoms with Crippen LogP contribution in [0, 0.1) is 0 Å². The second-order valence-electron chi connectivity index (χ2n) is 12.1. The fourth-order valence-corrected chi connectivity index (χ4v) is 7.28. The van der Waals surface area contributed by atoms with Gasteiger partial charge in [-0.1, -0.05) is 35.3 Å². The minimum absolute atomic E-state index is 0.0286. The number of hydrogen-bond donors (Lipinski definition) is 2. The van der Waals surface area contributed by atoms with Crippen LogP contribution in [-0.2, 0) is 11.3 Å². The highest BCUT2D eigenvalue weighted by Gasteiger charge is 2.44. The number of morpholine rings is 1. The molecular formula is C32H31Cl2N5O6. The fourth-order valence-electron chi connectivity index (χ4n) is 6.87. The average Bonchev–Trinajstić information content (AvgIpc) is 3.58. The second-order valence-corrected chi connectivity index (χ2v) is 12.9. The molecule has 2 amide bonds. The van der Waals surface area contributed by atoms with E-state index in [1.165, 1.54) is 15.8 Å². The van der Waals surface area contributed by atoms with Crippen molar-refractivity contribution in [2.45, 2.75) is 56.1 Å². The van der Waals surface area contributed by atoms with Crippen molar-refractivity contribution in [3.63, 3.8) is 0 Å². The van der Waals surface area contributed by atoms with Crippen LogP contribution in [0.15, 0.2) is 65.7 Å². The summed E-state index contributed by atoms with van der Waals surface area (Å²) in [5, 5.41) is 22.3. The summed E-state index contributed by atoms with van der Waals surface area (Å²) < 4.78 is 9.09. The van der Waals surface area contributed by atoms with Gasteiger partial charge in [0.1, 0.15) is 11.5 Å². The van der Waals surface area contributed by atoms with Crippen LogP contribution in [0.25, 0.3) is 16.7 Å². The summed E-state index contributed by atoms with van der Waals surface area (Å²) in [7, 11) is 0. The average molecular weight is 653 g/mol. The number of benzene rings is 2. The zero-order valence-electron chi connectivity index (χ0n) is 24.2. The van der Waals surface area contributed by atoms with E-state index in [0.717, 1.165) is 18.4 Å². The SMILES string of the molecule is O=C(c1ccc(Cl)cc1)N1CCC(O)(Cn2cnc3c(cc(Cl)n3-c3ccc([C@@H]4[C@@H]5CC[C@H](CN4C(=O)O)O5)cc3)c2=O)CC1. The number of halogens is 2. The maximum Gasteiger partial charge on any atom is 0.407 e. The fraction of sp³-hybridized carbons (Fsp3) is 0.375. The van der Waals surface area contributed by atoms with Gasteiger partial charge in [0.25, 0.3) is 11.5 Å². The van der Waals surface area contributed by atoms with Gasteiger partial charge in [0.2, 0.25) is 0 Å². The lowest BCUT2D eigenvalue weighted by molar-refractivity contribution is -0.0685. The monoisotopic (exact) mass is 651 g/mol. The molecule has 3 atom stereocenters. The Morgan fingerprint density at radius 1 is 1.02 bits per heavy atom. The van der Waals surface area contributed by atoms with Gasteiger partial charge in [-0.2, -0.15) is 0 Å². The largest absolute Gasteiger partial charge is 0.465 e. The lowest BCUT2D eigenvalue weighted by Crippen LogP contribution is -2.49. The van der Waals surface area contributed by atoms with E-state index in [2.05, 4.69) is 4.98 Å². The molecule has 3 aliphatic rings. The molecule has 2 bridgehead atoms. The molecule has 2 aromatic carbocycles. The lowest BCUT2D eigenvalue weighted by atomic mass is 9.91. The first-order chi connectivity index (χ1) is 21.6. The third kappa shape index (κ3) is 5.48. The quantitative estimate of drug-likeness (QED) is 0.319. The Bertz CT molecular complexity index is 1830. The molecule has 0 saturated carbocycles. The van der Waals surface area contributed by atoms with Gasteiger partial charge in [0.15, 0.2) is 5.65 Å². The molecule has 5 heterocycles. The smallest absolute Gasteiger partial charge is 0.407 e. The number of rotatable bonds is 5. The third-order valence-corrected chi connectivity index (χ3v) is 9.77. The van der Waals surface area contributed by atoms with Gasteiger partial charge >= 0.3 is 6.09 Å². The third-order valence-electron chi connectivity index (χ3n) is 9.24. The van der Waals surface area contributed by atoms with Crippen LogP contribution in [0.5, 0.6) is 0 Å². The highest BCUT2D eigenvalue weighted by Crippen LogP contribution is 2.40. The van der Waals surface area contributed by atoms with Gasteiger partial charge in [0, 0.05) is 29.4 Å². The van der Waals surface area contributed by atoms with Crippen LogP contribution in [0.2, 0.25) is 10.2 Å². The standard InChI is InChI=1S/C32H31Cl2N5O6/c33-21-5-1-20(2-6-21)29(40)36-13-11-32(44,12-14-36)17-37-18-35-28-24(30(37)41)15-26(34)39(28)22-7-3-19(4-8-22)27-25-10-9-23(45-25)16-38(27)31(42)43/h1-8,15,18,23,25,27,44H,9-14,16-17H2,(H,42,43)/t23-,25+,27-/m1/s1. The van der Waals surface area contributed by atoms with Crippen molar-refractivity contribution in [2.75, 3.05) is 19.6 Å². The van der Waals surface area contributed by atoms with Gasteiger partial charge in [-0.15, -0.1) is 0 Å². The van der Waals surface area contributed by atoms with Crippen LogP contribution < -0.4 is 5.56 Å². The van der Waals surface area contributed by atoms with Crippen LogP contribution in [0.4, 0.5) is 4.79 Å². The number of carbonyl (C=O) groups is 2. The van der Waals surface area contributed by atoms with Crippen molar-refractivity contribution < 1.29 is 24.5 Å². The molecule has 3 aliphatic heterocycles. The lowest BCUT2D eigenvalue weighted by Gasteiger charge is -2.38. The first-order valence-corrected chi connectivity index (χ1v) is 15.6. The predicted molar refractivity (Wildman–Crippen MR) is 167 cm³/mol. The van der Waals surface area contributed by atoms with Crippen molar-refractivity contribution >= 4 is 46.2 Å². The summed E-state index contributed by atoms with van der Waals surface area (Å²) in [4.78, 5) is 46.1. The second kappa shape index (κ2) is 11.5. The number of carboxylic acid groups (broad SMARTS) is 1. The van der Waals surface area contributed by atoms with Crippen molar-refractivity contribution in [1.82, 2.24) is 23.9 Å². The zero-order valence-corrected chi connectivity index (χ0v) is 25.7. The van der Waals surface area contributed by atoms with Crippen LogP contribution in [-0.4, -0.2) is 83.6 Å². The molecule has 13 heteroatoms. The summed E-state index contributed by atoms with van der Waals surface area (Å²) in [6.45, 7) is 1.07. The van der Waals surface area contributed by atoms with E-state index in [4.69, 9.17) is 27.9 Å². The summed E-state index contributed by atoms with van der Waals surface area (Å²) in [5.41, 5.74) is 0.869. The summed E-state index contributed by atoms with van der Waals surface area (Å²) in [6, 6.07) is 15.3. The van der Waals surface area contributed by atoms with E-state index in [1.54, 1.807) is 39.8 Å². The van der Waals surface area contributed by atoms with Gasteiger partial charge < -0.3 is 19.8 Å². The van der Waals surface area contributed by atoms with Crippen molar-refractivity contribution in [3.8, 4) is 5.69 Å². The highest BCUT2D eigenvalue weighted by molar-refractivity contribution is 6.31. The van der Waals surface area contributed by atoms with Gasteiger partial charge in [-0.3, -0.25) is 23.6 Å². The molecule has 2 N–H and O–H groups in total. The number of carbonyl (C=O) groups excluding carboxylic acids is 1. The number of nitrogens with zero attached hydrogens (tertiary/aromatic N) is 5. The number of likely N-dealkylation sites (tertiary alicyclic amines) is 2. The Labute approximate surface area is 268 Å². The number of amides is 2. The normalized spacial score (nSPS) is 22.6. The Kier molecular flexibility index (Phi) is 7.60. The maximum absolute atomic E-state index is 13.5. The Morgan fingerprint density at radius 2 is 1.73 bits per heavy atom. The molecule has 0 spiro atoms. The number of piperidine rings is 1. The number of ether oxygens (including phenoxy) is 1. The van der Waals surface area contributed by atoms with E-state index in [9.17, 15) is 24.6 Å². The molecule has 234 valence electrons. The van der Waals surface area contributed by atoms with Gasteiger partial charge in [-0.25, -0.2) is 9.78 Å². The number of fused-ring (bicyclic) bond motifs is 3. The van der Waals surface area contributed by atoms with Crippen molar-refractivity contribution in [1.29, 1.82) is 0 Å². The Balaban J connectivity index is 1.09. The molecule has 0 unspecified atom stereocenters. The van der Waals surface area contributed by atoms with Crippen molar-refractivity contribution in [3.05, 3.63) is 92.6 Å². The van der Waals surface area contributed by atoms with E-state index in [0.29, 0.717) is 64.9 Å². The molecule has 2 aromatic heterocycles. The van der Waals surface area contributed by atoms with Crippen molar-refractivity contribution in [2.24, 2.45) is 0 Å². The topological polar surface area (TPSA) is 130 Å². The highest BCUT2D eigenvalue weighted by atomic mass is 35.5. The van der Waals surface area contributed by atoms with Crippen LogP contribution in [0.3, 0.4) is 0 Å². The number of aromatic nitrogens is 3. The zero-order chi connectivity index (χ0) is 31.5. The Hall–Kier alpha value is -3.90. The summed E-state index contributed by atoms with van der Waals surface area (Å²) in [6.07, 6.45) is 2.46. The van der Waals surface area contributed by atoms with Gasteiger partial charge in [-0.05, 0) is 73.7 Å². The Morgan fingerprint density at radius 3 is 2.42 bits per heavy atom. The van der Waals surface area contributed by atoms with E-state index < -0.39 is 17.7 Å². The molecule has 3 saturated heterocycles. The van der Waals surface area contributed by atoms with Gasteiger partial charge in [0.05, 0.1) is 42.3 Å². The molecule has 0 radical (unpaired) electrons. The molecule has 11 nitrogen and oxygen atoms in total. The minimum atomic E-state index is -1.19.